The Bertz CT molecular complexity index is 947. The van der Waals surface area contributed by atoms with Crippen LogP contribution in [-0.4, -0.2) is 51.3 Å². The van der Waals surface area contributed by atoms with Crippen LogP contribution >= 0.6 is 0 Å². The largest absolute Gasteiger partial charge is 0.391 e. The molecule has 0 radical (unpaired) electrons. The van der Waals surface area contributed by atoms with Gasteiger partial charge in [0.1, 0.15) is 0 Å². The summed E-state index contributed by atoms with van der Waals surface area (Å²) in [5, 5.41) is 13.1. The van der Waals surface area contributed by atoms with Crippen molar-refractivity contribution in [2.75, 3.05) is 19.6 Å². The molecule has 0 aliphatic carbocycles. The van der Waals surface area contributed by atoms with Crippen LogP contribution < -0.4 is 5.32 Å². The molecule has 6 nitrogen and oxygen atoms in total. The molecular weight excluding hydrogens is 350 g/mol. The lowest BCUT2D eigenvalue weighted by Gasteiger charge is -2.20. The highest BCUT2D eigenvalue weighted by molar-refractivity contribution is 5.80. The molecule has 1 aliphatic rings. The van der Waals surface area contributed by atoms with Crippen LogP contribution in [0.25, 0.3) is 11.0 Å². The van der Waals surface area contributed by atoms with Crippen molar-refractivity contribution in [3.63, 3.8) is 0 Å². The number of aromatic nitrogens is 2. The van der Waals surface area contributed by atoms with E-state index >= 15 is 0 Å². The predicted molar refractivity (Wildman–Crippen MR) is 112 cm³/mol. The minimum atomic E-state index is -0.248. The van der Waals surface area contributed by atoms with Crippen molar-refractivity contribution in [2.45, 2.75) is 32.5 Å². The van der Waals surface area contributed by atoms with E-state index in [1.54, 1.807) is 0 Å². The molecule has 1 atom stereocenters. The average molecular weight is 377 g/mol. The molecule has 2 N–H and O–H groups in total. The maximum absolute atomic E-state index is 9.77. The van der Waals surface area contributed by atoms with E-state index in [2.05, 4.69) is 57.0 Å². The fraction of sp³-hybridized carbons (Fsp3) is 0.364. The predicted octanol–water partition coefficient (Wildman–Crippen LogP) is 2.62. The number of aliphatic hydroxyl groups is 1. The number of hydrogen-bond acceptors (Lipinski definition) is 3. The second-order valence-electron chi connectivity index (χ2n) is 7.24. The van der Waals surface area contributed by atoms with Gasteiger partial charge in [0.2, 0.25) is 0 Å². The van der Waals surface area contributed by atoms with Crippen LogP contribution in [0.1, 0.15) is 24.5 Å². The first-order chi connectivity index (χ1) is 13.7. The molecule has 6 heteroatoms. The lowest BCUT2D eigenvalue weighted by molar-refractivity contribution is 0.188. The van der Waals surface area contributed by atoms with Gasteiger partial charge in [-0.1, -0.05) is 36.4 Å². The third kappa shape index (κ3) is 4.17. The van der Waals surface area contributed by atoms with Crippen molar-refractivity contribution in [2.24, 2.45) is 4.99 Å². The van der Waals surface area contributed by atoms with Crippen molar-refractivity contribution in [3.8, 4) is 0 Å². The number of likely N-dealkylation sites (tertiary alicyclic amines) is 1. The normalized spacial score (nSPS) is 17.4. The van der Waals surface area contributed by atoms with E-state index in [1.807, 2.05) is 24.5 Å². The Kier molecular flexibility index (Phi) is 5.58. The second-order valence-corrected chi connectivity index (χ2v) is 7.24. The number of guanidine groups is 1. The summed E-state index contributed by atoms with van der Waals surface area (Å²) >= 11 is 0. The lowest BCUT2D eigenvalue weighted by Crippen LogP contribution is -2.40. The summed E-state index contributed by atoms with van der Waals surface area (Å²) in [7, 11) is 0. The fourth-order valence-corrected chi connectivity index (χ4v) is 3.61. The van der Waals surface area contributed by atoms with Gasteiger partial charge in [-0.3, -0.25) is 0 Å². The molecule has 4 rings (SSSR count). The Morgan fingerprint density at radius 1 is 1.18 bits per heavy atom. The number of benzene rings is 2. The molecule has 3 aromatic rings. The van der Waals surface area contributed by atoms with Crippen LogP contribution in [0.15, 0.2) is 59.9 Å². The van der Waals surface area contributed by atoms with E-state index in [0.29, 0.717) is 13.1 Å². The molecule has 1 saturated heterocycles. The van der Waals surface area contributed by atoms with Gasteiger partial charge in [0.05, 0.1) is 30.0 Å². The number of fused-ring (bicyclic) bond motifs is 1. The summed E-state index contributed by atoms with van der Waals surface area (Å²) in [6.45, 7) is 5.83. The van der Waals surface area contributed by atoms with Crippen molar-refractivity contribution in [1.29, 1.82) is 0 Å². The zero-order valence-electron chi connectivity index (χ0n) is 16.3. The van der Waals surface area contributed by atoms with Gasteiger partial charge in [0.25, 0.3) is 0 Å². The Morgan fingerprint density at radius 3 is 2.71 bits per heavy atom. The maximum Gasteiger partial charge on any atom is 0.194 e. The summed E-state index contributed by atoms with van der Waals surface area (Å²) in [6.07, 6.45) is 2.46. The molecule has 0 amide bonds. The van der Waals surface area contributed by atoms with E-state index in [4.69, 9.17) is 4.99 Å². The Morgan fingerprint density at radius 2 is 1.96 bits per heavy atom. The number of para-hydroxylation sites is 2. The molecule has 0 unspecified atom stereocenters. The van der Waals surface area contributed by atoms with Crippen molar-refractivity contribution < 1.29 is 5.11 Å². The van der Waals surface area contributed by atoms with Crippen LogP contribution in [0.5, 0.6) is 0 Å². The molecule has 2 aromatic carbocycles. The Hall–Kier alpha value is -2.86. The highest BCUT2D eigenvalue weighted by atomic mass is 16.3. The van der Waals surface area contributed by atoms with Gasteiger partial charge in [-0.25, -0.2) is 9.98 Å². The third-order valence-corrected chi connectivity index (χ3v) is 5.11. The van der Waals surface area contributed by atoms with Crippen LogP contribution in [0.3, 0.4) is 0 Å². The number of rotatable bonds is 5. The number of hydrogen-bond donors (Lipinski definition) is 2. The van der Waals surface area contributed by atoms with Crippen molar-refractivity contribution >= 4 is 17.0 Å². The zero-order valence-corrected chi connectivity index (χ0v) is 16.3. The van der Waals surface area contributed by atoms with Gasteiger partial charge < -0.3 is 19.9 Å². The number of β-amino-alcohol motifs (C(OH)–C–C–N with tert-alkyl or cyclic N) is 1. The summed E-state index contributed by atoms with van der Waals surface area (Å²) in [6, 6.07) is 16.8. The first-order valence-corrected chi connectivity index (χ1v) is 9.92. The molecule has 146 valence electrons. The molecular formula is C22H27N5O. The molecule has 2 heterocycles. The standard InChI is InChI=1S/C22H27N5O/c1-2-23-22(26-12-11-19(28)15-26)24-13-17-7-9-18(10-8-17)14-27-16-25-20-5-3-4-6-21(20)27/h3-10,16,19,28H,2,11-15H2,1H3,(H,23,24)/t19-/m1/s1. The van der Waals surface area contributed by atoms with Gasteiger partial charge in [-0.15, -0.1) is 0 Å². The number of imidazole rings is 1. The molecule has 0 saturated carbocycles. The molecule has 0 bridgehead atoms. The zero-order chi connectivity index (χ0) is 19.3. The van der Waals surface area contributed by atoms with Gasteiger partial charge in [0.15, 0.2) is 5.96 Å². The van der Waals surface area contributed by atoms with Crippen LogP contribution in [0.4, 0.5) is 0 Å². The fourth-order valence-electron chi connectivity index (χ4n) is 3.61. The van der Waals surface area contributed by atoms with E-state index in [9.17, 15) is 5.11 Å². The SMILES string of the molecule is CCNC(=NCc1ccc(Cn2cnc3ccccc32)cc1)N1CC[C@@H](O)C1. The number of aliphatic imine (C=N–C) groups is 1. The van der Waals surface area contributed by atoms with Crippen molar-refractivity contribution in [1.82, 2.24) is 19.8 Å². The monoisotopic (exact) mass is 377 g/mol. The minimum Gasteiger partial charge on any atom is -0.391 e. The van der Waals surface area contributed by atoms with E-state index in [1.165, 1.54) is 11.1 Å². The van der Waals surface area contributed by atoms with E-state index in [0.717, 1.165) is 43.0 Å². The smallest absolute Gasteiger partial charge is 0.194 e. The Labute approximate surface area is 165 Å². The van der Waals surface area contributed by atoms with Crippen molar-refractivity contribution in [3.05, 3.63) is 66.0 Å². The summed E-state index contributed by atoms with van der Waals surface area (Å²) < 4.78 is 2.17. The first-order valence-electron chi connectivity index (χ1n) is 9.92. The number of nitrogens with zero attached hydrogens (tertiary/aromatic N) is 4. The molecule has 1 aliphatic heterocycles. The highest BCUT2D eigenvalue weighted by Crippen LogP contribution is 2.15. The lowest BCUT2D eigenvalue weighted by atomic mass is 10.1. The summed E-state index contributed by atoms with van der Waals surface area (Å²) in [4.78, 5) is 11.3. The number of nitrogens with one attached hydrogen (secondary N) is 1. The molecule has 0 spiro atoms. The summed E-state index contributed by atoms with van der Waals surface area (Å²) in [5.74, 6) is 0.882. The van der Waals surface area contributed by atoms with Gasteiger partial charge in [-0.05, 0) is 36.6 Å². The van der Waals surface area contributed by atoms with Gasteiger partial charge in [0, 0.05) is 26.2 Å². The third-order valence-electron chi connectivity index (χ3n) is 5.11. The van der Waals surface area contributed by atoms with Gasteiger partial charge in [-0.2, -0.15) is 0 Å². The average Bonchev–Trinajstić information content (AvgIpc) is 3.33. The topological polar surface area (TPSA) is 65.7 Å². The van der Waals surface area contributed by atoms with E-state index < -0.39 is 0 Å². The minimum absolute atomic E-state index is 0.248. The quantitative estimate of drug-likeness (QED) is 0.530. The van der Waals surface area contributed by atoms with Crippen LogP contribution in [0, 0.1) is 0 Å². The van der Waals surface area contributed by atoms with Crippen LogP contribution in [0.2, 0.25) is 0 Å². The Balaban J connectivity index is 1.42. The highest BCUT2D eigenvalue weighted by Gasteiger charge is 2.22. The summed E-state index contributed by atoms with van der Waals surface area (Å²) in [5.41, 5.74) is 4.59. The molecule has 1 fully saturated rings. The van der Waals surface area contributed by atoms with Gasteiger partial charge >= 0.3 is 0 Å². The molecule has 1 aromatic heterocycles. The second kappa shape index (κ2) is 8.44. The number of aliphatic hydroxyl groups excluding tert-OH is 1. The molecule has 28 heavy (non-hydrogen) atoms. The van der Waals surface area contributed by atoms with Crippen LogP contribution in [-0.2, 0) is 13.1 Å². The van der Waals surface area contributed by atoms with E-state index in [-0.39, 0.29) is 6.10 Å². The maximum atomic E-state index is 9.77. The first kappa shape index (κ1) is 18.5.